The molecule has 0 spiro atoms. The molecule has 0 saturated carbocycles. The van der Waals surface area contributed by atoms with Crippen molar-refractivity contribution in [2.24, 2.45) is 5.10 Å². The zero-order chi connectivity index (χ0) is 21.8. The van der Waals surface area contributed by atoms with Gasteiger partial charge in [-0.25, -0.2) is 10.2 Å². The van der Waals surface area contributed by atoms with Gasteiger partial charge in [-0.1, -0.05) is 23.2 Å². The smallest absolute Gasteiger partial charge is 0.374 e. The number of hydrogen-bond donors (Lipinski definition) is 1. The summed E-state index contributed by atoms with van der Waals surface area (Å²) in [5, 5.41) is 5.03. The van der Waals surface area contributed by atoms with Gasteiger partial charge >= 0.3 is 5.97 Å². The highest BCUT2D eigenvalue weighted by atomic mass is 35.5. The Bertz CT molecular complexity index is 998. The van der Waals surface area contributed by atoms with Gasteiger partial charge in [0.15, 0.2) is 6.61 Å². The third-order valence-electron chi connectivity index (χ3n) is 4.42. The van der Waals surface area contributed by atoms with Gasteiger partial charge in [0.25, 0.3) is 5.91 Å². The number of fused-ring (bicyclic) bond motifs is 1. The summed E-state index contributed by atoms with van der Waals surface area (Å²) in [5.41, 5.74) is 4.55. The van der Waals surface area contributed by atoms with Crippen LogP contribution in [0.2, 0.25) is 10.0 Å². The number of nitrogens with one attached hydrogen (secondary N) is 1. The molecule has 0 aliphatic heterocycles. The third-order valence-corrected chi connectivity index (χ3v) is 4.95. The van der Waals surface area contributed by atoms with E-state index in [2.05, 4.69) is 10.5 Å². The van der Waals surface area contributed by atoms with Crippen LogP contribution in [-0.4, -0.2) is 30.3 Å². The van der Waals surface area contributed by atoms with Crippen LogP contribution in [0.3, 0.4) is 0 Å². The largest absolute Gasteiger partial charge is 0.482 e. The van der Waals surface area contributed by atoms with Crippen molar-refractivity contribution in [3.63, 3.8) is 0 Å². The fraction of sp³-hybridized carbons (Fsp3) is 0.381. The lowest BCUT2D eigenvalue weighted by Gasteiger charge is -2.13. The third kappa shape index (κ3) is 5.15. The molecular formula is C21H22Cl2N2O5. The second-order valence-electron chi connectivity index (χ2n) is 7.12. The normalized spacial score (nSPS) is 14.5. The number of hydrazone groups is 1. The molecule has 1 aliphatic carbocycles. The Morgan fingerprint density at radius 1 is 1.27 bits per heavy atom. The van der Waals surface area contributed by atoms with Gasteiger partial charge in [0.2, 0.25) is 5.76 Å². The summed E-state index contributed by atoms with van der Waals surface area (Å²) in [5.74, 6) is 0.250. The van der Waals surface area contributed by atoms with Crippen molar-refractivity contribution in [1.82, 2.24) is 5.43 Å². The molecule has 0 radical (unpaired) electrons. The number of benzene rings is 1. The van der Waals surface area contributed by atoms with Gasteiger partial charge in [-0.15, -0.1) is 0 Å². The molecule has 1 aromatic carbocycles. The fourth-order valence-corrected chi connectivity index (χ4v) is 3.60. The van der Waals surface area contributed by atoms with Gasteiger partial charge in [-0.3, -0.25) is 4.79 Å². The number of rotatable bonds is 6. The summed E-state index contributed by atoms with van der Waals surface area (Å²) in [6, 6.07) is 4.74. The van der Waals surface area contributed by atoms with Crippen LogP contribution < -0.4 is 10.2 Å². The van der Waals surface area contributed by atoms with Crippen molar-refractivity contribution in [2.75, 3.05) is 6.61 Å². The zero-order valence-corrected chi connectivity index (χ0v) is 18.4. The molecular weight excluding hydrogens is 431 g/mol. The zero-order valence-electron chi connectivity index (χ0n) is 16.9. The molecule has 1 amide bonds. The molecule has 1 aliphatic rings. The Morgan fingerprint density at radius 3 is 2.73 bits per heavy atom. The van der Waals surface area contributed by atoms with Crippen molar-refractivity contribution in [2.45, 2.75) is 46.1 Å². The van der Waals surface area contributed by atoms with Gasteiger partial charge in [0.1, 0.15) is 11.5 Å². The molecule has 0 unspecified atom stereocenters. The summed E-state index contributed by atoms with van der Waals surface area (Å²) in [6.07, 6.45) is 1.89. The van der Waals surface area contributed by atoms with Crippen LogP contribution in [0.1, 0.15) is 54.1 Å². The monoisotopic (exact) mass is 452 g/mol. The van der Waals surface area contributed by atoms with Crippen molar-refractivity contribution < 1.29 is 23.5 Å². The number of carbonyl (C=O) groups excluding carboxylic acids is 2. The van der Waals surface area contributed by atoms with Crippen LogP contribution in [0, 0.1) is 6.92 Å². The number of aryl methyl sites for hydroxylation is 1. The minimum absolute atomic E-state index is 0.176. The molecule has 1 N–H and O–H groups in total. The van der Waals surface area contributed by atoms with Crippen LogP contribution in [0.4, 0.5) is 0 Å². The maximum Gasteiger partial charge on any atom is 0.374 e. The second-order valence-corrected chi connectivity index (χ2v) is 7.96. The van der Waals surface area contributed by atoms with E-state index in [0.29, 0.717) is 45.7 Å². The molecule has 0 atom stereocenters. The van der Waals surface area contributed by atoms with E-state index in [1.54, 1.807) is 32.9 Å². The summed E-state index contributed by atoms with van der Waals surface area (Å²) in [7, 11) is 0. The SMILES string of the molecule is Cc1c(C(=O)OC(C)C)oc2c1/C(=N/NC(=O)COc1ccc(Cl)cc1Cl)CCC2. The molecule has 9 heteroatoms. The number of hydrogen-bond acceptors (Lipinski definition) is 6. The first-order valence-electron chi connectivity index (χ1n) is 9.53. The molecule has 1 heterocycles. The first-order chi connectivity index (χ1) is 14.3. The molecule has 30 heavy (non-hydrogen) atoms. The number of ether oxygens (including phenoxy) is 2. The summed E-state index contributed by atoms with van der Waals surface area (Å²) in [6.45, 7) is 5.07. The highest BCUT2D eigenvalue weighted by molar-refractivity contribution is 6.35. The lowest BCUT2D eigenvalue weighted by Crippen LogP contribution is -2.27. The van der Waals surface area contributed by atoms with E-state index >= 15 is 0 Å². The number of furan rings is 1. The minimum Gasteiger partial charge on any atom is -0.482 e. The number of esters is 1. The van der Waals surface area contributed by atoms with E-state index < -0.39 is 11.9 Å². The van der Waals surface area contributed by atoms with Crippen molar-refractivity contribution in [1.29, 1.82) is 0 Å². The average Bonchev–Trinajstić information content (AvgIpc) is 3.02. The van der Waals surface area contributed by atoms with Crippen molar-refractivity contribution in [3.05, 3.63) is 50.9 Å². The van der Waals surface area contributed by atoms with E-state index in [1.165, 1.54) is 6.07 Å². The maximum absolute atomic E-state index is 12.3. The van der Waals surface area contributed by atoms with E-state index in [1.807, 2.05) is 0 Å². The Labute approximate surface area is 184 Å². The minimum atomic E-state index is -0.506. The van der Waals surface area contributed by atoms with Gasteiger partial charge in [-0.2, -0.15) is 5.10 Å². The molecule has 0 saturated heterocycles. The first-order valence-corrected chi connectivity index (χ1v) is 10.3. The van der Waals surface area contributed by atoms with Crippen LogP contribution in [0.25, 0.3) is 0 Å². The van der Waals surface area contributed by atoms with E-state index in [0.717, 1.165) is 12.0 Å². The molecule has 1 aromatic heterocycles. The number of carbonyl (C=O) groups is 2. The summed E-state index contributed by atoms with van der Waals surface area (Å²) < 4.78 is 16.4. The number of halogens is 2. The highest BCUT2D eigenvalue weighted by Gasteiger charge is 2.29. The molecule has 0 fully saturated rings. The topological polar surface area (TPSA) is 90.1 Å². The Balaban J connectivity index is 1.69. The maximum atomic E-state index is 12.3. The molecule has 160 valence electrons. The van der Waals surface area contributed by atoms with Gasteiger partial charge < -0.3 is 13.9 Å². The molecule has 2 aromatic rings. The lowest BCUT2D eigenvalue weighted by molar-refractivity contribution is -0.123. The fourth-order valence-electron chi connectivity index (χ4n) is 3.14. The molecule has 3 rings (SSSR count). The van der Waals surface area contributed by atoms with E-state index in [-0.39, 0.29) is 18.5 Å². The van der Waals surface area contributed by atoms with Gasteiger partial charge in [0, 0.05) is 22.6 Å². The Hall–Kier alpha value is -2.51. The molecule has 7 nitrogen and oxygen atoms in total. The van der Waals surface area contributed by atoms with Crippen LogP contribution >= 0.6 is 23.2 Å². The van der Waals surface area contributed by atoms with Crippen LogP contribution in [-0.2, 0) is 16.0 Å². The van der Waals surface area contributed by atoms with E-state index in [9.17, 15) is 9.59 Å². The number of amides is 1. The summed E-state index contributed by atoms with van der Waals surface area (Å²) in [4.78, 5) is 24.4. The average molecular weight is 453 g/mol. The van der Waals surface area contributed by atoms with Crippen LogP contribution in [0.5, 0.6) is 5.75 Å². The number of nitrogens with zero attached hydrogens (tertiary/aromatic N) is 1. The predicted molar refractivity (Wildman–Crippen MR) is 114 cm³/mol. The quantitative estimate of drug-likeness (QED) is 0.506. The predicted octanol–water partition coefficient (Wildman–Crippen LogP) is 4.70. The lowest BCUT2D eigenvalue weighted by atomic mass is 9.93. The first kappa shape index (κ1) is 22.2. The Kier molecular flexibility index (Phi) is 7.05. The highest BCUT2D eigenvalue weighted by Crippen LogP contribution is 2.30. The van der Waals surface area contributed by atoms with Gasteiger partial charge in [0.05, 0.1) is 16.8 Å². The van der Waals surface area contributed by atoms with Gasteiger partial charge in [-0.05, 0) is 51.8 Å². The van der Waals surface area contributed by atoms with Crippen molar-refractivity contribution >= 4 is 40.8 Å². The molecule has 0 bridgehead atoms. The second kappa shape index (κ2) is 9.53. The Morgan fingerprint density at radius 2 is 2.03 bits per heavy atom. The van der Waals surface area contributed by atoms with Crippen molar-refractivity contribution in [3.8, 4) is 5.75 Å². The summed E-state index contributed by atoms with van der Waals surface area (Å²) >= 11 is 11.9. The van der Waals surface area contributed by atoms with E-state index in [4.69, 9.17) is 37.1 Å². The standard InChI is InChI=1S/C21H22Cl2N2O5/c1-11(2)29-21(27)20-12(3)19-15(5-4-6-17(19)30-20)24-25-18(26)10-28-16-8-7-13(22)9-14(16)23/h7-9,11H,4-6,10H2,1-3H3,(H,25,26)/b24-15+. The van der Waals surface area contributed by atoms with Crippen LogP contribution in [0.15, 0.2) is 27.7 Å².